The molecule has 2 N–H and O–H groups in total. The van der Waals surface area contributed by atoms with Gasteiger partial charge in [0, 0.05) is 27.8 Å². The number of aromatic hydroxyl groups is 2. The normalized spacial score (nSPS) is 17.5. The SMILES string of the molecule is Cc1c(O)ccc2c1Oc1c(ccc(O)c1C)C21OS(=O)(=O)c2ccccc21. The van der Waals surface area contributed by atoms with Crippen molar-refractivity contribution >= 4 is 10.1 Å². The monoisotopic (exact) mass is 396 g/mol. The van der Waals surface area contributed by atoms with Gasteiger partial charge in [0.1, 0.15) is 27.9 Å². The van der Waals surface area contributed by atoms with Gasteiger partial charge in [-0.3, -0.25) is 0 Å². The summed E-state index contributed by atoms with van der Waals surface area (Å²) in [7, 11) is -4.03. The minimum absolute atomic E-state index is 0.0179. The predicted molar refractivity (Wildman–Crippen MR) is 100 cm³/mol. The fraction of sp³-hybridized carbons (Fsp3) is 0.143. The van der Waals surface area contributed by atoms with Crippen molar-refractivity contribution in [1.82, 2.24) is 0 Å². The van der Waals surface area contributed by atoms with Crippen molar-refractivity contribution in [2.24, 2.45) is 0 Å². The quantitative estimate of drug-likeness (QED) is 0.561. The van der Waals surface area contributed by atoms with E-state index in [1.54, 1.807) is 44.2 Å². The summed E-state index contributed by atoms with van der Waals surface area (Å²) in [5, 5.41) is 20.4. The van der Waals surface area contributed by atoms with Crippen LogP contribution in [-0.2, 0) is 19.9 Å². The summed E-state index contributed by atoms with van der Waals surface area (Å²) in [5.41, 5.74) is 0.875. The molecule has 2 aliphatic rings. The van der Waals surface area contributed by atoms with E-state index in [1.807, 2.05) is 0 Å². The van der Waals surface area contributed by atoms with Crippen LogP contribution in [0.2, 0.25) is 0 Å². The highest BCUT2D eigenvalue weighted by Gasteiger charge is 2.56. The second kappa shape index (κ2) is 5.27. The average molecular weight is 396 g/mol. The lowest BCUT2D eigenvalue weighted by Crippen LogP contribution is -2.33. The molecule has 2 aliphatic heterocycles. The highest BCUT2D eigenvalue weighted by Crippen LogP contribution is 2.60. The number of hydrogen-bond acceptors (Lipinski definition) is 6. The molecule has 0 unspecified atom stereocenters. The van der Waals surface area contributed by atoms with E-state index in [2.05, 4.69) is 0 Å². The van der Waals surface area contributed by atoms with Crippen LogP contribution in [0, 0.1) is 13.8 Å². The molecule has 0 aliphatic carbocycles. The number of phenolic OH excluding ortho intramolecular Hbond substituents is 2. The van der Waals surface area contributed by atoms with Crippen molar-refractivity contribution < 1.29 is 27.6 Å². The number of fused-ring (bicyclic) bond motifs is 6. The lowest BCUT2D eigenvalue weighted by Gasteiger charge is -2.37. The van der Waals surface area contributed by atoms with Crippen molar-refractivity contribution in [3.05, 3.63) is 76.3 Å². The van der Waals surface area contributed by atoms with Crippen LogP contribution >= 0.6 is 0 Å². The number of rotatable bonds is 0. The molecule has 28 heavy (non-hydrogen) atoms. The van der Waals surface area contributed by atoms with Crippen LogP contribution in [0.25, 0.3) is 0 Å². The van der Waals surface area contributed by atoms with E-state index >= 15 is 0 Å². The largest absolute Gasteiger partial charge is 0.508 e. The summed E-state index contributed by atoms with van der Waals surface area (Å²) in [6, 6.07) is 12.8. The Kier molecular flexibility index (Phi) is 3.22. The molecule has 3 aromatic carbocycles. The first-order chi connectivity index (χ1) is 13.3. The number of hydrogen-bond donors (Lipinski definition) is 2. The molecular formula is C21H16O6S. The van der Waals surface area contributed by atoms with Gasteiger partial charge >= 0.3 is 0 Å². The zero-order valence-electron chi connectivity index (χ0n) is 15.1. The van der Waals surface area contributed by atoms with Gasteiger partial charge in [0.05, 0.1) is 0 Å². The highest BCUT2D eigenvalue weighted by atomic mass is 32.2. The Morgan fingerprint density at radius 3 is 1.89 bits per heavy atom. The van der Waals surface area contributed by atoms with E-state index in [0.29, 0.717) is 39.3 Å². The Balaban J connectivity index is 1.99. The van der Waals surface area contributed by atoms with Gasteiger partial charge in [-0.2, -0.15) is 8.42 Å². The average Bonchev–Trinajstić information content (AvgIpc) is 2.91. The van der Waals surface area contributed by atoms with E-state index in [4.69, 9.17) is 8.92 Å². The maximum Gasteiger partial charge on any atom is 0.298 e. The van der Waals surface area contributed by atoms with Crippen LogP contribution in [0.15, 0.2) is 53.4 Å². The van der Waals surface area contributed by atoms with Crippen LogP contribution in [-0.4, -0.2) is 18.6 Å². The third kappa shape index (κ3) is 1.92. The van der Waals surface area contributed by atoms with Gasteiger partial charge in [-0.05, 0) is 44.2 Å². The van der Waals surface area contributed by atoms with Crippen LogP contribution in [0.3, 0.4) is 0 Å². The van der Waals surface area contributed by atoms with E-state index < -0.39 is 15.7 Å². The van der Waals surface area contributed by atoms with Gasteiger partial charge in [-0.15, -0.1) is 0 Å². The van der Waals surface area contributed by atoms with Crippen LogP contribution in [0.5, 0.6) is 23.0 Å². The summed E-state index contributed by atoms with van der Waals surface area (Å²) in [4.78, 5) is 0.0882. The van der Waals surface area contributed by atoms with E-state index in [-0.39, 0.29) is 16.4 Å². The standard InChI is InChI=1S/C21H16O6S/c1-11-16(22)9-7-14-19(11)26-20-12(2)17(23)10-8-15(20)21(14)13-5-3-4-6-18(13)28(24,25)27-21/h3-10,22-23H,1-2H3. The summed E-state index contributed by atoms with van der Waals surface area (Å²) < 4.78 is 37.7. The second-order valence-electron chi connectivity index (χ2n) is 6.99. The lowest BCUT2D eigenvalue weighted by atomic mass is 9.77. The van der Waals surface area contributed by atoms with E-state index in [0.717, 1.165) is 0 Å². The molecule has 0 saturated heterocycles. The molecule has 0 saturated carbocycles. The molecule has 0 bridgehead atoms. The topological polar surface area (TPSA) is 93.1 Å². The first-order valence-corrected chi connectivity index (χ1v) is 10.1. The maximum atomic E-state index is 12.9. The Labute approximate surface area is 161 Å². The van der Waals surface area contributed by atoms with Crippen molar-refractivity contribution in [3.63, 3.8) is 0 Å². The molecule has 142 valence electrons. The van der Waals surface area contributed by atoms with E-state index in [9.17, 15) is 18.6 Å². The molecule has 3 aromatic rings. The highest BCUT2D eigenvalue weighted by molar-refractivity contribution is 7.87. The minimum Gasteiger partial charge on any atom is -0.508 e. The summed E-state index contributed by atoms with van der Waals surface area (Å²) in [6.07, 6.45) is 0. The van der Waals surface area contributed by atoms with Gasteiger partial charge in [-0.25, -0.2) is 4.18 Å². The Morgan fingerprint density at radius 1 is 0.786 bits per heavy atom. The molecular weight excluding hydrogens is 380 g/mol. The Hall–Kier alpha value is -3.03. The molecule has 0 fully saturated rings. The van der Waals surface area contributed by atoms with Crippen LogP contribution in [0.1, 0.15) is 27.8 Å². The summed E-state index contributed by atoms with van der Waals surface area (Å²) >= 11 is 0. The molecule has 7 heteroatoms. The molecule has 0 atom stereocenters. The van der Waals surface area contributed by atoms with Gasteiger partial charge in [0.15, 0.2) is 5.60 Å². The first-order valence-electron chi connectivity index (χ1n) is 8.66. The molecule has 2 heterocycles. The second-order valence-corrected chi connectivity index (χ2v) is 8.50. The summed E-state index contributed by atoms with van der Waals surface area (Å²) in [5.74, 6) is 0.662. The Bertz CT molecular complexity index is 1220. The Morgan fingerprint density at radius 2 is 1.32 bits per heavy atom. The zero-order valence-corrected chi connectivity index (χ0v) is 15.9. The van der Waals surface area contributed by atoms with Crippen LogP contribution in [0.4, 0.5) is 0 Å². The van der Waals surface area contributed by atoms with Crippen molar-refractivity contribution in [3.8, 4) is 23.0 Å². The number of benzene rings is 3. The minimum atomic E-state index is -4.03. The van der Waals surface area contributed by atoms with Crippen molar-refractivity contribution in [1.29, 1.82) is 0 Å². The third-order valence-electron chi connectivity index (χ3n) is 5.49. The predicted octanol–water partition coefficient (Wildman–Crippen LogP) is 3.83. The van der Waals surface area contributed by atoms with Crippen LogP contribution < -0.4 is 4.74 Å². The molecule has 1 spiro atoms. The maximum absolute atomic E-state index is 12.9. The molecule has 0 amide bonds. The van der Waals surface area contributed by atoms with Gasteiger partial charge < -0.3 is 14.9 Å². The molecule has 5 rings (SSSR count). The third-order valence-corrected chi connectivity index (χ3v) is 6.85. The molecule has 0 radical (unpaired) electrons. The van der Waals surface area contributed by atoms with Gasteiger partial charge in [0.25, 0.3) is 10.1 Å². The zero-order chi connectivity index (χ0) is 19.8. The fourth-order valence-electron chi connectivity index (χ4n) is 4.04. The molecule has 0 aromatic heterocycles. The fourth-order valence-corrected chi connectivity index (χ4v) is 5.45. The van der Waals surface area contributed by atoms with Crippen molar-refractivity contribution in [2.75, 3.05) is 0 Å². The molecule has 6 nitrogen and oxygen atoms in total. The smallest absolute Gasteiger partial charge is 0.298 e. The van der Waals surface area contributed by atoms with E-state index in [1.165, 1.54) is 18.2 Å². The number of ether oxygens (including phenoxy) is 1. The first kappa shape index (κ1) is 17.1. The number of phenols is 2. The van der Waals surface area contributed by atoms with Gasteiger partial charge in [0.2, 0.25) is 0 Å². The van der Waals surface area contributed by atoms with Crippen molar-refractivity contribution in [2.45, 2.75) is 24.3 Å². The van der Waals surface area contributed by atoms with Gasteiger partial charge in [-0.1, -0.05) is 18.2 Å². The lowest BCUT2D eigenvalue weighted by molar-refractivity contribution is 0.163. The summed E-state index contributed by atoms with van der Waals surface area (Å²) in [6.45, 7) is 3.36.